The Morgan fingerprint density at radius 1 is 1.21 bits per heavy atom. The summed E-state index contributed by atoms with van der Waals surface area (Å²) in [6.07, 6.45) is -0.0337. The fourth-order valence-electron chi connectivity index (χ4n) is 3.59. The molecule has 5 nitrogen and oxygen atoms in total. The molecule has 2 aromatic carbocycles. The van der Waals surface area contributed by atoms with Crippen LogP contribution in [0.5, 0.6) is 5.75 Å². The fourth-order valence-corrected chi connectivity index (χ4v) is 3.76. The van der Waals surface area contributed by atoms with Crippen LogP contribution in [0, 0.1) is 6.92 Å². The standard InChI is InChI=1S/C23H29ClN2O3/c1-3-23(28)18-5-8-21(9-6-18)29-16-20(27)15-25-10-12-26(13-11-25)19-7-4-17(2)22(24)14-19/h4-9,14,20,27H,3,10-13,15-16H2,1-2H3/p+1/t20-/m0/s1. The van der Waals surface area contributed by atoms with Crippen LogP contribution in [0.3, 0.4) is 0 Å². The Balaban J connectivity index is 1.42. The molecule has 0 radical (unpaired) electrons. The summed E-state index contributed by atoms with van der Waals surface area (Å²) in [5.74, 6) is 0.792. The van der Waals surface area contributed by atoms with Gasteiger partial charge < -0.3 is 19.6 Å². The Kier molecular flexibility index (Phi) is 7.53. The van der Waals surface area contributed by atoms with E-state index in [9.17, 15) is 9.90 Å². The van der Waals surface area contributed by atoms with Crippen molar-refractivity contribution in [2.24, 2.45) is 0 Å². The fraction of sp³-hybridized carbons (Fsp3) is 0.435. The van der Waals surface area contributed by atoms with Crippen molar-refractivity contribution in [3.05, 3.63) is 58.6 Å². The van der Waals surface area contributed by atoms with Crippen molar-refractivity contribution < 1.29 is 19.5 Å². The van der Waals surface area contributed by atoms with Gasteiger partial charge in [-0.25, -0.2) is 0 Å². The van der Waals surface area contributed by atoms with Gasteiger partial charge in [-0.2, -0.15) is 0 Å². The minimum absolute atomic E-state index is 0.118. The second-order valence-corrected chi connectivity index (χ2v) is 8.05. The maximum absolute atomic E-state index is 11.7. The van der Waals surface area contributed by atoms with Gasteiger partial charge in [-0.15, -0.1) is 0 Å². The number of rotatable bonds is 8. The molecular formula is C23H30ClN2O3+. The highest BCUT2D eigenvalue weighted by Crippen LogP contribution is 2.23. The Labute approximate surface area is 177 Å². The number of ether oxygens (including phenoxy) is 1. The van der Waals surface area contributed by atoms with Gasteiger partial charge in [0.05, 0.1) is 26.2 Å². The number of halogens is 1. The second-order valence-electron chi connectivity index (χ2n) is 7.64. The van der Waals surface area contributed by atoms with Gasteiger partial charge in [0.2, 0.25) is 0 Å². The molecule has 0 bridgehead atoms. The Morgan fingerprint density at radius 2 is 1.90 bits per heavy atom. The highest BCUT2D eigenvalue weighted by atomic mass is 35.5. The normalized spacial score (nSPS) is 15.9. The average Bonchev–Trinajstić information content (AvgIpc) is 2.74. The van der Waals surface area contributed by atoms with Crippen LogP contribution in [0.15, 0.2) is 42.5 Å². The summed E-state index contributed by atoms with van der Waals surface area (Å²) in [6, 6.07) is 13.3. The highest BCUT2D eigenvalue weighted by molar-refractivity contribution is 6.31. The molecule has 2 N–H and O–H groups in total. The van der Waals surface area contributed by atoms with Crippen LogP contribution in [0.1, 0.15) is 29.3 Å². The molecule has 0 aliphatic carbocycles. The van der Waals surface area contributed by atoms with Gasteiger partial charge in [0.1, 0.15) is 25.0 Å². The third-order valence-electron chi connectivity index (χ3n) is 5.46. The van der Waals surface area contributed by atoms with Crippen LogP contribution in [-0.4, -0.2) is 56.3 Å². The number of aryl methyl sites for hydroxylation is 1. The molecule has 0 spiro atoms. The molecule has 1 atom stereocenters. The first-order valence-electron chi connectivity index (χ1n) is 10.2. The van der Waals surface area contributed by atoms with Crippen molar-refractivity contribution in [2.45, 2.75) is 26.4 Å². The average molecular weight is 418 g/mol. The third-order valence-corrected chi connectivity index (χ3v) is 5.86. The first kappa shape index (κ1) is 21.6. The molecule has 6 heteroatoms. The van der Waals surface area contributed by atoms with Gasteiger partial charge in [-0.3, -0.25) is 4.79 Å². The SMILES string of the molecule is CCC(=O)c1ccc(OC[C@@H](O)C[NH+]2CCN(c3ccc(C)c(Cl)c3)CC2)cc1. The number of aliphatic hydroxyl groups is 1. The van der Waals surface area contributed by atoms with Crippen LogP contribution < -0.4 is 14.5 Å². The lowest BCUT2D eigenvalue weighted by molar-refractivity contribution is -0.903. The molecule has 0 saturated carbocycles. The van der Waals surface area contributed by atoms with Gasteiger partial charge in [0.25, 0.3) is 0 Å². The third kappa shape index (κ3) is 5.95. The van der Waals surface area contributed by atoms with Gasteiger partial charge in [0.15, 0.2) is 5.78 Å². The summed E-state index contributed by atoms with van der Waals surface area (Å²) in [5, 5.41) is 11.2. The van der Waals surface area contributed by atoms with Crippen molar-refractivity contribution in [3.8, 4) is 5.75 Å². The molecule has 3 rings (SSSR count). The molecular weight excluding hydrogens is 388 g/mol. The van der Waals surface area contributed by atoms with Crippen molar-refractivity contribution in [1.29, 1.82) is 0 Å². The lowest BCUT2D eigenvalue weighted by atomic mass is 10.1. The number of nitrogens with zero attached hydrogens (tertiary/aromatic N) is 1. The Morgan fingerprint density at radius 3 is 2.52 bits per heavy atom. The van der Waals surface area contributed by atoms with E-state index >= 15 is 0 Å². The summed E-state index contributed by atoms with van der Waals surface area (Å²) in [4.78, 5) is 15.4. The summed E-state index contributed by atoms with van der Waals surface area (Å²) >= 11 is 6.25. The molecule has 1 aliphatic rings. The number of nitrogens with one attached hydrogen (secondary N) is 1. The predicted molar refractivity (Wildman–Crippen MR) is 117 cm³/mol. The lowest BCUT2D eigenvalue weighted by Crippen LogP contribution is -3.16. The van der Waals surface area contributed by atoms with Gasteiger partial charge >= 0.3 is 0 Å². The first-order chi connectivity index (χ1) is 14.0. The maximum atomic E-state index is 11.7. The largest absolute Gasteiger partial charge is 0.491 e. The Bertz CT molecular complexity index is 817. The molecule has 29 heavy (non-hydrogen) atoms. The van der Waals surface area contributed by atoms with E-state index in [0.29, 0.717) is 24.3 Å². The van der Waals surface area contributed by atoms with Crippen LogP contribution >= 0.6 is 11.6 Å². The number of carbonyl (C=O) groups excluding carboxylic acids is 1. The minimum atomic E-state index is -0.526. The van der Waals surface area contributed by atoms with E-state index in [-0.39, 0.29) is 12.4 Å². The van der Waals surface area contributed by atoms with Gasteiger partial charge in [-0.05, 0) is 48.9 Å². The molecule has 0 amide bonds. The summed E-state index contributed by atoms with van der Waals surface area (Å²) in [6.45, 7) is 8.59. The zero-order chi connectivity index (χ0) is 20.8. The smallest absolute Gasteiger partial charge is 0.162 e. The molecule has 156 valence electrons. The first-order valence-corrected chi connectivity index (χ1v) is 10.6. The summed E-state index contributed by atoms with van der Waals surface area (Å²) in [5.41, 5.74) is 2.94. The van der Waals surface area contributed by atoms with Crippen molar-refractivity contribution in [2.75, 3.05) is 44.2 Å². The molecule has 1 saturated heterocycles. The quantitative estimate of drug-likeness (QED) is 0.647. The number of hydrogen-bond acceptors (Lipinski definition) is 4. The van der Waals surface area contributed by atoms with E-state index in [1.807, 2.05) is 19.9 Å². The zero-order valence-electron chi connectivity index (χ0n) is 17.2. The van der Waals surface area contributed by atoms with Crippen molar-refractivity contribution in [1.82, 2.24) is 0 Å². The number of carbonyl (C=O) groups is 1. The van der Waals surface area contributed by atoms with E-state index in [1.54, 1.807) is 24.3 Å². The Hall–Kier alpha value is -2.08. The topological polar surface area (TPSA) is 54.2 Å². The summed E-state index contributed by atoms with van der Waals surface area (Å²) in [7, 11) is 0. The summed E-state index contributed by atoms with van der Waals surface area (Å²) < 4.78 is 5.69. The molecule has 1 aliphatic heterocycles. The van der Waals surface area contributed by atoms with Crippen molar-refractivity contribution >= 4 is 23.1 Å². The van der Waals surface area contributed by atoms with E-state index in [1.165, 1.54) is 4.90 Å². The monoisotopic (exact) mass is 417 g/mol. The van der Waals surface area contributed by atoms with Gasteiger partial charge in [0, 0.05) is 22.7 Å². The van der Waals surface area contributed by atoms with Crippen LogP contribution in [0.4, 0.5) is 5.69 Å². The van der Waals surface area contributed by atoms with Gasteiger partial charge in [-0.1, -0.05) is 24.6 Å². The molecule has 2 aromatic rings. The molecule has 0 unspecified atom stereocenters. The second kappa shape index (κ2) is 10.1. The molecule has 0 aromatic heterocycles. The number of benzene rings is 2. The number of hydrogen-bond donors (Lipinski definition) is 2. The maximum Gasteiger partial charge on any atom is 0.162 e. The van der Waals surface area contributed by atoms with Crippen molar-refractivity contribution in [3.63, 3.8) is 0 Å². The zero-order valence-corrected chi connectivity index (χ0v) is 17.9. The predicted octanol–water partition coefficient (Wildman–Crippen LogP) is 2.39. The number of aliphatic hydroxyl groups excluding tert-OH is 1. The van der Waals surface area contributed by atoms with Crippen LogP contribution in [-0.2, 0) is 0 Å². The number of quaternary nitrogens is 1. The van der Waals surface area contributed by atoms with E-state index in [4.69, 9.17) is 16.3 Å². The highest BCUT2D eigenvalue weighted by Gasteiger charge is 2.23. The molecule has 1 fully saturated rings. The number of piperazine rings is 1. The molecule has 1 heterocycles. The van der Waals surface area contributed by atoms with Crippen LogP contribution in [0.2, 0.25) is 5.02 Å². The number of ketones is 1. The van der Waals surface area contributed by atoms with E-state index < -0.39 is 6.10 Å². The minimum Gasteiger partial charge on any atom is -0.491 e. The van der Waals surface area contributed by atoms with E-state index in [0.717, 1.165) is 42.5 Å². The number of anilines is 1. The number of Topliss-reactive ketones (excluding diaryl/α,β-unsaturated/α-hetero) is 1. The van der Waals surface area contributed by atoms with E-state index in [2.05, 4.69) is 17.0 Å². The lowest BCUT2D eigenvalue weighted by Gasteiger charge is -2.34. The van der Waals surface area contributed by atoms with Crippen LogP contribution in [0.25, 0.3) is 0 Å².